The fourth-order valence-electron chi connectivity index (χ4n) is 2.87. The Morgan fingerprint density at radius 2 is 1.54 bits per heavy atom. The number of carbonyl (C=O) groups is 1. The lowest BCUT2D eigenvalue weighted by Crippen LogP contribution is -2.42. The second-order valence-electron chi connectivity index (χ2n) is 5.83. The maximum absolute atomic E-state index is 12.6. The normalized spacial score (nSPS) is 10.8. The fourth-order valence-corrected chi connectivity index (χ4v) is 2.87. The molecule has 3 aromatic rings. The highest BCUT2D eigenvalue weighted by molar-refractivity contribution is 5.75. The number of methoxy groups -OCH3 is 1. The van der Waals surface area contributed by atoms with Crippen molar-refractivity contribution in [2.75, 3.05) is 7.11 Å². The number of para-hydroxylation sites is 2. The molecule has 0 amide bonds. The minimum atomic E-state index is -1.02. The molecule has 26 heavy (non-hydrogen) atoms. The van der Waals surface area contributed by atoms with Crippen LogP contribution in [0.15, 0.2) is 58.1 Å². The first kappa shape index (κ1) is 17.5. The maximum atomic E-state index is 12.6. The van der Waals surface area contributed by atoms with Crippen LogP contribution < -0.4 is 15.9 Å². The quantitative estimate of drug-likeness (QED) is 0.681. The minimum Gasteiger partial charge on any atom is -0.497 e. The van der Waals surface area contributed by atoms with Gasteiger partial charge in [-0.15, -0.1) is 0 Å². The predicted octanol–water partition coefficient (Wildman–Crippen LogP) is 1.69. The summed E-state index contributed by atoms with van der Waals surface area (Å²) in [4.78, 5) is 36.0. The van der Waals surface area contributed by atoms with Crippen molar-refractivity contribution in [2.45, 2.75) is 19.5 Å². The summed E-state index contributed by atoms with van der Waals surface area (Å²) < 4.78 is 7.77. The molecule has 1 aromatic heterocycles. The third kappa shape index (κ3) is 3.37. The van der Waals surface area contributed by atoms with Crippen LogP contribution in [0, 0.1) is 0 Å². The fraction of sp³-hybridized carbons (Fsp3) is 0.211. The van der Waals surface area contributed by atoms with Gasteiger partial charge in [0.1, 0.15) is 5.75 Å². The predicted molar refractivity (Wildman–Crippen MR) is 96.8 cm³/mol. The molecule has 1 N–H and O–H groups in total. The molecule has 0 radical (unpaired) electrons. The Bertz CT molecular complexity index is 1060. The van der Waals surface area contributed by atoms with Gasteiger partial charge in [-0.05, 0) is 29.8 Å². The van der Waals surface area contributed by atoms with E-state index in [0.717, 1.165) is 5.56 Å². The van der Waals surface area contributed by atoms with Gasteiger partial charge in [0.2, 0.25) is 0 Å². The zero-order valence-corrected chi connectivity index (χ0v) is 14.2. The number of aliphatic carboxylic acids is 1. The lowest BCUT2D eigenvalue weighted by molar-refractivity contribution is -0.137. The van der Waals surface area contributed by atoms with E-state index in [1.165, 1.54) is 9.13 Å². The van der Waals surface area contributed by atoms with Crippen LogP contribution in [0.4, 0.5) is 0 Å². The lowest BCUT2D eigenvalue weighted by Gasteiger charge is -2.14. The molecule has 0 unspecified atom stereocenters. The molecule has 0 aliphatic carbocycles. The number of benzene rings is 2. The number of hydrogen-bond acceptors (Lipinski definition) is 4. The molecule has 0 saturated carbocycles. The summed E-state index contributed by atoms with van der Waals surface area (Å²) in [6, 6.07) is 14.2. The van der Waals surface area contributed by atoms with Crippen LogP contribution in [0.2, 0.25) is 0 Å². The average Bonchev–Trinajstić information content (AvgIpc) is 2.65. The van der Waals surface area contributed by atoms with E-state index in [4.69, 9.17) is 9.84 Å². The van der Waals surface area contributed by atoms with Gasteiger partial charge in [-0.1, -0.05) is 24.3 Å². The van der Waals surface area contributed by atoms with Crippen molar-refractivity contribution in [2.24, 2.45) is 0 Å². The van der Waals surface area contributed by atoms with Crippen LogP contribution in [0.3, 0.4) is 0 Å². The largest absolute Gasteiger partial charge is 0.497 e. The van der Waals surface area contributed by atoms with Gasteiger partial charge in [0.25, 0.3) is 0 Å². The van der Waals surface area contributed by atoms with Gasteiger partial charge < -0.3 is 14.4 Å². The van der Waals surface area contributed by atoms with E-state index in [2.05, 4.69) is 0 Å². The smallest absolute Gasteiger partial charge is 0.317 e. The molecule has 0 aliphatic heterocycles. The molecule has 134 valence electrons. The number of aryl methyl sites for hydroxylation is 1. The first-order chi connectivity index (χ1) is 12.5. The van der Waals surface area contributed by atoms with Crippen molar-refractivity contribution in [1.29, 1.82) is 0 Å². The summed E-state index contributed by atoms with van der Waals surface area (Å²) in [5.74, 6) is -0.321. The van der Waals surface area contributed by atoms with E-state index in [9.17, 15) is 14.4 Å². The van der Waals surface area contributed by atoms with Crippen LogP contribution >= 0.6 is 0 Å². The summed E-state index contributed by atoms with van der Waals surface area (Å²) in [5, 5.41) is 8.89. The highest BCUT2D eigenvalue weighted by Crippen LogP contribution is 2.15. The minimum absolute atomic E-state index is 0.0483. The van der Waals surface area contributed by atoms with Crippen molar-refractivity contribution in [3.63, 3.8) is 0 Å². The maximum Gasteiger partial charge on any atom is 0.317 e. The highest BCUT2D eigenvalue weighted by Gasteiger charge is 2.14. The van der Waals surface area contributed by atoms with Gasteiger partial charge in [-0.2, -0.15) is 0 Å². The summed E-state index contributed by atoms with van der Waals surface area (Å²) in [6.45, 7) is 0.186. The Hall–Kier alpha value is -3.35. The Balaban J connectivity index is 2.12. The molecule has 0 saturated heterocycles. The van der Waals surface area contributed by atoms with Gasteiger partial charge in [0.15, 0.2) is 0 Å². The molecule has 2 aromatic carbocycles. The van der Waals surface area contributed by atoms with Gasteiger partial charge in [0.05, 0.1) is 31.1 Å². The molecule has 0 spiro atoms. The van der Waals surface area contributed by atoms with Gasteiger partial charge >= 0.3 is 17.1 Å². The summed E-state index contributed by atoms with van der Waals surface area (Å²) in [5.41, 5.74) is 0.564. The van der Waals surface area contributed by atoms with Gasteiger partial charge in [-0.3, -0.25) is 19.0 Å². The number of carboxylic acids is 1. The third-order valence-corrected chi connectivity index (χ3v) is 4.19. The molecular weight excluding hydrogens is 336 g/mol. The Morgan fingerprint density at radius 1 is 0.962 bits per heavy atom. The van der Waals surface area contributed by atoms with Crippen molar-refractivity contribution in [3.8, 4) is 5.75 Å². The molecule has 3 rings (SSSR count). The summed E-state index contributed by atoms with van der Waals surface area (Å²) >= 11 is 0. The van der Waals surface area contributed by atoms with Gasteiger partial charge in [-0.25, -0.2) is 0 Å². The molecule has 7 nitrogen and oxygen atoms in total. The zero-order chi connectivity index (χ0) is 18.7. The van der Waals surface area contributed by atoms with E-state index in [1.807, 2.05) is 12.1 Å². The molecular formula is C19H18N2O5. The standard InChI is InChI=1S/C19H18N2O5/c1-26-14-8-6-13(7-9-14)12-21-16-5-3-2-4-15(16)20(11-10-17(22)23)18(24)19(21)25/h2-9H,10-12H2,1H3,(H,22,23). The molecule has 7 heteroatoms. The second-order valence-corrected chi connectivity index (χ2v) is 5.83. The van der Waals surface area contributed by atoms with Crippen molar-refractivity contribution in [1.82, 2.24) is 9.13 Å². The van der Waals surface area contributed by atoms with E-state index >= 15 is 0 Å². The van der Waals surface area contributed by atoms with Gasteiger partial charge in [0, 0.05) is 6.54 Å². The third-order valence-electron chi connectivity index (χ3n) is 4.19. The number of rotatable bonds is 6. The monoisotopic (exact) mass is 354 g/mol. The number of ether oxygens (including phenoxy) is 1. The van der Waals surface area contributed by atoms with Crippen LogP contribution in [0.25, 0.3) is 11.0 Å². The summed E-state index contributed by atoms with van der Waals surface area (Å²) in [7, 11) is 1.57. The first-order valence-electron chi connectivity index (χ1n) is 8.08. The van der Waals surface area contributed by atoms with E-state index < -0.39 is 17.1 Å². The number of hydrogen-bond donors (Lipinski definition) is 1. The number of nitrogens with zero attached hydrogens (tertiary/aromatic N) is 2. The second kappa shape index (κ2) is 7.26. The first-order valence-corrected chi connectivity index (χ1v) is 8.08. The van der Waals surface area contributed by atoms with Crippen molar-refractivity contribution in [3.05, 3.63) is 74.8 Å². The van der Waals surface area contributed by atoms with Crippen LogP contribution in [0.5, 0.6) is 5.75 Å². The van der Waals surface area contributed by atoms with Crippen molar-refractivity contribution >= 4 is 17.0 Å². The Kier molecular flexibility index (Phi) is 4.88. The molecule has 0 aliphatic rings. The Labute approximate surface area is 148 Å². The van der Waals surface area contributed by atoms with E-state index in [1.54, 1.807) is 43.5 Å². The SMILES string of the molecule is COc1ccc(Cn2c(=O)c(=O)n(CCC(=O)O)c3ccccc32)cc1. The molecule has 0 fully saturated rings. The van der Waals surface area contributed by atoms with E-state index in [-0.39, 0.29) is 19.5 Å². The van der Waals surface area contributed by atoms with E-state index in [0.29, 0.717) is 16.8 Å². The number of aromatic nitrogens is 2. The lowest BCUT2D eigenvalue weighted by atomic mass is 10.2. The molecule has 1 heterocycles. The molecule has 0 atom stereocenters. The number of fused-ring (bicyclic) bond motifs is 1. The summed E-state index contributed by atoms with van der Waals surface area (Å²) in [6.07, 6.45) is -0.230. The number of carboxylic acid groups (broad SMARTS) is 1. The highest BCUT2D eigenvalue weighted by atomic mass is 16.5. The van der Waals surface area contributed by atoms with Crippen LogP contribution in [-0.2, 0) is 17.9 Å². The molecule has 0 bridgehead atoms. The van der Waals surface area contributed by atoms with Crippen LogP contribution in [0.1, 0.15) is 12.0 Å². The average molecular weight is 354 g/mol. The zero-order valence-electron chi connectivity index (χ0n) is 14.2. The topological polar surface area (TPSA) is 90.5 Å². The van der Waals surface area contributed by atoms with Crippen LogP contribution in [-0.4, -0.2) is 27.3 Å². The van der Waals surface area contributed by atoms with Crippen molar-refractivity contribution < 1.29 is 14.6 Å². The Morgan fingerprint density at radius 3 is 2.12 bits per heavy atom.